The zero-order chi connectivity index (χ0) is 72.4. The number of phenolic OH excluding ortho intramolecular Hbond substituents is 4. The number of hydrogen-bond acceptors (Lipinski definition) is 5. The summed E-state index contributed by atoms with van der Waals surface area (Å²) in [6, 6.07) is 17.5. The van der Waals surface area contributed by atoms with Crippen LogP contribution in [0.15, 0.2) is 48.5 Å². The lowest BCUT2D eigenvalue weighted by Crippen LogP contribution is -2.20. The fourth-order valence-electron chi connectivity index (χ4n) is 14.1. The zero-order valence-electron chi connectivity index (χ0n) is 66.2. The van der Waals surface area contributed by atoms with Gasteiger partial charge in [0.2, 0.25) is 0 Å². The molecule has 5 rings (SSSR count). The van der Waals surface area contributed by atoms with Gasteiger partial charge in [0.25, 0.3) is 0 Å². The number of unbranched alkanes of at least 4 members (excludes halogenated alkanes) is 15. The number of hydrogen-bond donors (Lipinski definition) is 5. The Bertz CT molecular complexity index is 2920. The van der Waals surface area contributed by atoms with E-state index in [1.165, 1.54) is 140 Å². The first kappa shape index (κ1) is 82.2. The minimum atomic E-state index is -0.700. The summed E-state index contributed by atoms with van der Waals surface area (Å²) in [5.74, 6) is 0.515. The van der Waals surface area contributed by atoms with E-state index in [0.29, 0.717) is 29.4 Å². The molecule has 5 aromatic carbocycles. The summed E-state index contributed by atoms with van der Waals surface area (Å²) in [6.45, 7) is 61.1. The normalized spacial score (nSPS) is 13.3. The number of carboxylic acid groups (broad SMARTS) is 1. The second kappa shape index (κ2) is 33.1. The highest BCUT2D eigenvalue weighted by Gasteiger charge is 2.33. The van der Waals surface area contributed by atoms with Crippen LogP contribution in [-0.4, -0.2) is 31.5 Å². The first-order valence-corrected chi connectivity index (χ1v) is 37.2. The minimum Gasteiger partial charge on any atom is -0.507 e. The van der Waals surface area contributed by atoms with E-state index in [1.807, 2.05) is 12.1 Å². The van der Waals surface area contributed by atoms with Crippen molar-refractivity contribution in [3.8, 4) is 23.0 Å². The Morgan fingerprint density at radius 2 is 0.484 bits per heavy atom. The fourth-order valence-corrected chi connectivity index (χ4v) is 14.1. The standard InChI is InChI=1S/C54H78O3.C35H62O3/c1-31-37(22-34-25-40(49(4,5)6)46(55)41(26-34)50(7,8)9)32(2)39(24-36-29-44(53(16,17)18)48(57)45(30-36)54(19,20)21)33(3)38(31)23-35-27-42(51(10,11)12)47(56)43(28-35)52(13,14)15;1-8-9-10-11-12-13-14-15-16-17-18-19-20-21-22-23-24-29(33(37)38)25-28-26-30(34(2,3)4)32(36)31(27-28)35(5,6)7/h25-30,55-57H,22-24H2,1-21H3;26-27,29,36H,8-25H2,1-7H3,(H,37,38). The average Bonchev–Trinajstić information content (AvgIpc) is 0.775. The summed E-state index contributed by atoms with van der Waals surface area (Å²) in [7, 11) is 0. The van der Waals surface area contributed by atoms with Gasteiger partial charge in [-0.25, -0.2) is 0 Å². The fraction of sp³-hybridized carbons (Fsp3) is 0.652. The van der Waals surface area contributed by atoms with E-state index in [2.05, 4.69) is 230 Å². The van der Waals surface area contributed by atoms with Gasteiger partial charge in [0.05, 0.1) is 5.92 Å². The van der Waals surface area contributed by atoms with E-state index in [0.717, 1.165) is 88.6 Å². The number of rotatable bonds is 26. The third kappa shape index (κ3) is 23.5. The van der Waals surface area contributed by atoms with Gasteiger partial charge < -0.3 is 25.5 Å². The van der Waals surface area contributed by atoms with Crippen LogP contribution in [0.5, 0.6) is 23.0 Å². The van der Waals surface area contributed by atoms with Crippen molar-refractivity contribution in [2.45, 2.75) is 372 Å². The molecule has 5 aromatic rings. The van der Waals surface area contributed by atoms with Crippen LogP contribution in [0.25, 0.3) is 0 Å². The first-order valence-electron chi connectivity index (χ1n) is 37.2. The van der Waals surface area contributed by atoms with Gasteiger partial charge in [-0.05, 0) is 196 Å². The van der Waals surface area contributed by atoms with Gasteiger partial charge in [0.15, 0.2) is 0 Å². The van der Waals surface area contributed by atoms with E-state index in [-0.39, 0.29) is 49.2 Å². The van der Waals surface area contributed by atoms with Crippen molar-refractivity contribution in [3.63, 3.8) is 0 Å². The third-order valence-electron chi connectivity index (χ3n) is 20.2. The van der Waals surface area contributed by atoms with Crippen LogP contribution in [0.2, 0.25) is 0 Å². The molecule has 0 saturated carbocycles. The Morgan fingerprint density at radius 3 is 0.663 bits per heavy atom. The van der Waals surface area contributed by atoms with E-state index < -0.39 is 5.97 Å². The molecule has 0 fully saturated rings. The maximum absolute atomic E-state index is 12.1. The van der Waals surface area contributed by atoms with Crippen LogP contribution < -0.4 is 0 Å². The summed E-state index contributed by atoms with van der Waals surface area (Å²) < 4.78 is 0. The third-order valence-corrected chi connectivity index (χ3v) is 20.2. The Balaban J connectivity index is 0.000000440. The molecule has 0 heterocycles. The van der Waals surface area contributed by atoms with Gasteiger partial charge in [-0.3, -0.25) is 4.79 Å². The van der Waals surface area contributed by atoms with E-state index in [4.69, 9.17) is 0 Å². The second-order valence-electron chi connectivity index (χ2n) is 37.3. The molecule has 1 unspecified atom stereocenters. The number of carbonyl (C=O) groups is 1. The van der Waals surface area contributed by atoms with E-state index in [1.54, 1.807) is 0 Å². The average molecular weight is 1310 g/mol. The molecule has 0 aliphatic rings. The lowest BCUT2D eigenvalue weighted by molar-refractivity contribution is -0.142. The van der Waals surface area contributed by atoms with Gasteiger partial charge in [0, 0.05) is 0 Å². The molecule has 6 nitrogen and oxygen atoms in total. The quantitative estimate of drug-likeness (QED) is 0.0352. The van der Waals surface area contributed by atoms with E-state index in [9.17, 15) is 30.3 Å². The first-order chi connectivity index (χ1) is 43.4. The van der Waals surface area contributed by atoms with Gasteiger partial charge in [-0.1, -0.05) is 324 Å². The van der Waals surface area contributed by atoms with Crippen molar-refractivity contribution in [2.75, 3.05) is 0 Å². The molecular weight excluding hydrogens is 1160 g/mol. The Kier molecular flexibility index (Phi) is 28.6. The van der Waals surface area contributed by atoms with Crippen molar-refractivity contribution >= 4 is 5.97 Å². The maximum Gasteiger partial charge on any atom is 0.306 e. The molecule has 0 amide bonds. The van der Waals surface area contributed by atoms with Gasteiger partial charge in [0.1, 0.15) is 23.0 Å². The number of aliphatic carboxylic acids is 1. The van der Waals surface area contributed by atoms with Crippen molar-refractivity contribution in [1.29, 1.82) is 0 Å². The lowest BCUT2D eigenvalue weighted by Gasteiger charge is -2.30. The van der Waals surface area contributed by atoms with E-state index >= 15 is 0 Å². The molecule has 0 spiro atoms. The van der Waals surface area contributed by atoms with Crippen LogP contribution in [-0.2, 0) is 73.8 Å². The topological polar surface area (TPSA) is 118 Å². The number of aromatic hydroxyl groups is 4. The number of benzene rings is 5. The molecule has 0 aliphatic heterocycles. The summed E-state index contributed by atoms with van der Waals surface area (Å²) in [5.41, 5.74) is 18.5. The lowest BCUT2D eigenvalue weighted by atomic mass is 9.75. The maximum atomic E-state index is 12.1. The highest BCUT2D eigenvalue weighted by molar-refractivity contribution is 5.70. The molecule has 5 N–H and O–H groups in total. The van der Waals surface area contributed by atoms with Crippen molar-refractivity contribution in [1.82, 2.24) is 0 Å². The summed E-state index contributed by atoms with van der Waals surface area (Å²) in [4.78, 5) is 12.1. The molecule has 0 aromatic heterocycles. The second-order valence-corrected chi connectivity index (χ2v) is 37.3. The van der Waals surface area contributed by atoms with Crippen molar-refractivity contribution in [3.05, 3.63) is 149 Å². The van der Waals surface area contributed by atoms with Crippen molar-refractivity contribution < 1.29 is 30.3 Å². The molecule has 0 aliphatic carbocycles. The Morgan fingerprint density at radius 1 is 0.305 bits per heavy atom. The predicted molar refractivity (Wildman–Crippen MR) is 410 cm³/mol. The highest BCUT2D eigenvalue weighted by Crippen LogP contribution is 2.46. The van der Waals surface area contributed by atoms with Gasteiger partial charge in [-0.2, -0.15) is 0 Å². The number of carboxylic acids is 1. The monoisotopic (exact) mass is 1310 g/mol. The van der Waals surface area contributed by atoms with Crippen LogP contribution in [0.3, 0.4) is 0 Å². The molecule has 6 heteroatoms. The molecule has 0 saturated heterocycles. The largest absolute Gasteiger partial charge is 0.507 e. The van der Waals surface area contributed by atoms with Crippen molar-refractivity contribution in [2.24, 2.45) is 5.92 Å². The Labute approximate surface area is 582 Å². The molecule has 0 bridgehead atoms. The minimum absolute atomic E-state index is 0.202. The highest BCUT2D eigenvalue weighted by atomic mass is 16.4. The predicted octanol–water partition coefficient (Wildman–Crippen LogP) is 25.2. The van der Waals surface area contributed by atoms with Crippen LogP contribution in [0.1, 0.15) is 382 Å². The zero-order valence-corrected chi connectivity index (χ0v) is 66.2. The smallest absolute Gasteiger partial charge is 0.306 e. The molecule has 95 heavy (non-hydrogen) atoms. The molecule has 532 valence electrons. The van der Waals surface area contributed by atoms with Gasteiger partial charge >= 0.3 is 5.97 Å². The Hall–Kier alpha value is -5.23. The molecular formula is C89H140O6. The van der Waals surface area contributed by atoms with Crippen LogP contribution in [0, 0.1) is 26.7 Å². The molecule has 0 radical (unpaired) electrons. The number of phenols is 4. The van der Waals surface area contributed by atoms with Crippen LogP contribution >= 0.6 is 0 Å². The summed E-state index contributed by atoms with van der Waals surface area (Å²) in [6.07, 6.45) is 24.7. The molecule has 1 atom stereocenters. The summed E-state index contributed by atoms with van der Waals surface area (Å²) in [5, 5.41) is 55.8. The SMILES string of the molecule is CCCCCCCCCCCCCCCCCCC(Cc1cc(C(C)(C)C)c(O)c(C(C)(C)C)c1)C(=O)O.Cc1c(Cc2cc(C(C)(C)C)c(O)c(C(C)(C)C)c2)c(C)c(Cc2cc(C(C)(C)C)c(O)c(C(C)(C)C)c2)c(C)c1Cc1cc(C(C)(C)C)c(O)c(C(C)(C)C)c1. The summed E-state index contributed by atoms with van der Waals surface area (Å²) >= 11 is 0. The van der Waals surface area contributed by atoms with Crippen LogP contribution in [0.4, 0.5) is 0 Å². The van der Waals surface area contributed by atoms with Gasteiger partial charge in [-0.15, -0.1) is 0 Å².